The van der Waals surface area contributed by atoms with Gasteiger partial charge in [0, 0.05) is 37.7 Å². The summed E-state index contributed by atoms with van der Waals surface area (Å²) < 4.78 is 77.4. The maximum Gasteiger partial charge on any atom is 0.341 e. The van der Waals surface area contributed by atoms with E-state index in [9.17, 15) is 24.3 Å². The van der Waals surface area contributed by atoms with Crippen molar-refractivity contribution in [2.24, 2.45) is 16.7 Å². The van der Waals surface area contributed by atoms with Crippen LogP contribution >= 0.6 is 0 Å². The van der Waals surface area contributed by atoms with Crippen molar-refractivity contribution in [2.75, 3.05) is 6.61 Å². The highest BCUT2D eigenvalue weighted by Crippen LogP contribution is 2.65. The van der Waals surface area contributed by atoms with Crippen LogP contribution in [-0.2, 0) is 51.7 Å². The van der Waals surface area contributed by atoms with Crippen molar-refractivity contribution in [3.05, 3.63) is 118 Å². The van der Waals surface area contributed by atoms with Gasteiger partial charge in [-0.15, -0.1) is 0 Å². The maximum atomic E-state index is 16.6. The molecule has 1 saturated heterocycles. The molecule has 7 rings (SSSR count). The number of fused-ring (bicyclic) bond motifs is 5. The zero-order valence-electron chi connectivity index (χ0n) is 47.0. The minimum absolute atomic E-state index is 0.0121. The summed E-state index contributed by atoms with van der Waals surface area (Å²) in [5.41, 5.74) is -8.00. The van der Waals surface area contributed by atoms with E-state index in [-0.39, 0.29) is 24.2 Å². The number of nitrogens with one attached hydrogen (secondary N) is 1. The lowest BCUT2D eigenvalue weighted by Crippen LogP contribution is -2.82. The van der Waals surface area contributed by atoms with E-state index in [4.69, 9.17) is 32.5 Å². The Morgan fingerprint density at radius 1 is 0.782 bits per heavy atom. The maximum absolute atomic E-state index is 16.6. The summed E-state index contributed by atoms with van der Waals surface area (Å²) in [6.07, 6.45) is -9.65. The Kier molecular flexibility index (Phi) is 18.0. The minimum atomic E-state index is -2.82. The fourth-order valence-electron chi connectivity index (χ4n) is 13.1. The number of esters is 4. The van der Waals surface area contributed by atoms with Gasteiger partial charge in [-0.1, -0.05) is 110 Å². The van der Waals surface area contributed by atoms with Crippen LogP contribution in [0.25, 0.3) is 0 Å². The van der Waals surface area contributed by atoms with Crippen LogP contribution in [0.15, 0.2) is 90.0 Å². The second-order valence-electron chi connectivity index (χ2n) is 22.3. The van der Waals surface area contributed by atoms with Gasteiger partial charge in [0.15, 0.2) is 51.9 Å². The predicted octanol–water partition coefficient (Wildman–Crippen LogP) is 10.1. The number of rotatable bonds is 20. The molecule has 4 aliphatic rings. The van der Waals surface area contributed by atoms with E-state index < -0.39 is 146 Å². The topological polar surface area (TPSA) is 199 Å². The molecule has 0 radical (unpaired) electrons. The lowest BCUT2D eigenvalue weighted by molar-refractivity contribution is -0.344. The van der Waals surface area contributed by atoms with Gasteiger partial charge in [-0.3, -0.25) is 19.2 Å². The summed E-state index contributed by atoms with van der Waals surface area (Å²) in [5.74, 6) is -9.88. The van der Waals surface area contributed by atoms with Gasteiger partial charge in [0.25, 0.3) is 5.91 Å². The quantitative estimate of drug-likeness (QED) is 0.0469. The molecule has 0 aromatic heterocycles. The Bertz CT molecular complexity index is 2760. The lowest BCUT2D eigenvalue weighted by atomic mass is 9.44. The molecule has 2 saturated carbocycles. The van der Waals surface area contributed by atoms with E-state index in [1.54, 1.807) is 88.4 Å². The van der Waals surface area contributed by atoms with Crippen molar-refractivity contribution in [3.8, 4) is 0 Å². The number of hydrogen-bond donors (Lipinski definition) is 2. The van der Waals surface area contributed by atoms with Gasteiger partial charge in [-0.05, 0) is 91.1 Å². The van der Waals surface area contributed by atoms with E-state index in [0.717, 1.165) is 25.1 Å². The largest absolute Gasteiger partial charge is 0.456 e. The van der Waals surface area contributed by atoms with Gasteiger partial charge in [-0.2, -0.15) is 0 Å². The van der Waals surface area contributed by atoms with Gasteiger partial charge >= 0.3 is 23.9 Å². The lowest BCUT2D eigenvalue weighted by Gasteiger charge is -2.68. The first-order valence-electron chi connectivity index (χ1n) is 27.4. The second-order valence-corrected chi connectivity index (χ2v) is 31.7. The Morgan fingerprint density at radius 2 is 1.37 bits per heavy atom. The molecule has 3 aromatic carbocycles. The Labute approximate surface area is 458 Å². The summed E-state index contributed by atoms with van der Waals surface area (Å²) in [5, 5.41) is 17.5. The fraction of sp³-hybridized carbons (Fsp3) is 0.559. The molecule has 1 aliphatic heterocycles. The molecule has 0 unspecified atom stereocenters. The molecule has 11 atom stereocenters. The van der Waals surface area contributed by atoms with E-state index in [2.05, 4.69) is 5.32 Å². The first kappa shape index (κ1) is 60.2. The molecule has 424 valence electrons. The summed E-state index contributed by atoms with van der Waals surface area (Å²) in [6.45, 7) is 20.2. The third-order valence-corrected chi connectivity index (χ3v) is 27.5. The first-order valence-corrected chi connectivity index (χ1v) is 32.5. The number of amides is 1. The molecule has 3 aliphatic carbocycles. The van der Waals surface area contributed by atoms with Gasteiger partial charge in [0.05, 0.1) is 35.6 Å². The minimum Gasteiger partial charge on any atom is -0.456 e. The monoisotopic (exact) mass is 1120 g/mol. The van der Waals surface area contributed by atoms with Gasteiger partial charge < -0.3 is 43.0 Å². The van der Waals surface area contributed by atoms with Crippen molar-refractivity contribution in [3.63, 3.8) is 0 Å². The standard InChI is InChI=1S/C59H77F2NO14Si2/c1-13-77(14-2,15-3)75-43-32-44-58(34-70-44,74-37(9)64)50-52(73-54(67)40-30-25-31-41(60)46(40)61)59(69)33-42(35(7)45(56(59,10)11)48(71-36(8)63)51(65)57(43,50)12)72-55(68)49(76-78(16-4,17-5)18-6)47(38-26-21-19-22-27-38)62-53(66)39-28-23-20-24-29-39/h19-31,42-44,47-50,52,69H,13-18,32-34H2,1-12H3,(H,62,66)/t42-,43-,44+,47-,48+,49+,50-,52-,57+,58-,59+/m0/s1. The highest BCUT2D eigenvalue weighted by Gasteiger charge is 2.79. The van der Waals surface area contributed by atoms with Crippen LogP contribution in [0.4, 0.5) is 8.78 Å². The number of carbonyl (C=O) groups excluding carboxylic acids is 6. The molecule has 3 fully saturated rings. The van der Waals surface area contributed by atoms with Gasteiger partial charge in [0.1, 0.15) is 23.9 Å². The number of hydrogen-bond acceptors (Lipinski definition) is 14. The normalized spacial score (nSPS) is 28.3. The van der Waals surface area contributed by atoms with Crippen molar-refractivity contribution in [1.82, 2.24) is 5.32 Å². The van der Waals surface area contributed by atoms with Crippen molar-refractivity contribution >= 4 is 52.2 Å². The van der Waals surface area contributed by atoms with Crippen LogP contribution in [0, 0.1) is 28.4 Å². The number of ketones is 1. The zero-order chi connectivity index (χ0) is 57.3. The van der Waals surface area contributed by atoms with Crippen LogP contribution in [0.3, 0.4) is 0 Å². The van der Waals surface area contributed by atoms with Crippen LogP contribution in [0.5, 0.6) is 0 Å². The molecule has 2 N–H and O–H groups in total. The van der Waals surface area contributed by atoms with E-state index in [0.29, 0.717) is 47.4 Å². The number of halogens is 2. The fourth-order valence-corrected chi connectivity index (χ4v) is 18.8. The number of carbonyl (C=O) groups is 6. The van der Waals surface area contributed by atoms with Gasteiger partial charge in [0.2, 0.25) is 0 Å². The molecule has 1 heterocycles. The SMILES string of the molecule is CC[Si](CC)(CC)O[C@H]1C[C@H]2OC[C@@]2(OC(C)=O)[C@H]2[C@H](OC(=O)c3cccc(F)c3F)[C@]3(O)C[C@H](OC(=O)[C@H](O[Si](CC)(CC)CC)[C@@H](NC(=O)c4ccccc4)c4ccccc4)C(C)=C([C@@H](OC(C)=O)C(=O)[C@]12C)C3(C)C. The number of ether oxygens (including phenoxy) is 5. The molecular formula is C59H77F2NO14Si2. The molecule has 78 heavy (non-hydrogen) atoms. The Morgan fingerprint density at radius 3 is 1.91 bits per heavy atom. The van der Waals surface area contributed by atoms with Crippen LogP contribution < -0.4 is 5.32 Å². The van der Waals surface area contributed by atoms with Crippen molar-refractivity contribution < 1.29 is 75.2 Å². The third kappa shape index (κ3) is 10.6. The average Bonchev–Trinajstić information content (AvgIpc) is 3.30. The van der Waals surface area contributed by atoms with Crippen molar-refractivity contribution in [2.45, 2.75) is 186 Å². The smallest absolute Gasteiger partial charge is 0.341 e. The molecular weight excluding hydrogens is 1040 g/mol. The number of aliphatic hydroxyl groups is 1. The highest BCUT2D eigenvalue weighted by molar-refractivity contribution is 6.74. The molecule has 0 spiro atoms. The zero-order valence-corrected chi connectivity index (χ0v) is 49.0. The van der Waals surface area contributed by atoms with Crippen LogP contribution in [-0.4, -0.2) is 112 Å². The summed E-state index contributed by atoms with van der Waals surface area (Å²) in [6, 6.07) is 22.7. The average molecular weight is 1120 g/mol. The Hall–Kier alpha value is -5.45. The Balaban J connectivity index is 1.51. The molecule has 3 aromatic rings. The van der Waals surface area contributed by atoms with E-state index in [1.165, 1.54) is 6.92 Å². The summed E-state index contributed by atoms with van der Waals surface area (Å²) in [4.78, 5) is 88.6. The van der Waals surface area contributed by atoms with E-state index in [1.807, 2.05) is 41.5 Å². The summed E-state index contributed by atoms with van der Waals surface area (Å²) >= 11 is 0. The molecule has 19 heteroatoms. The third-order valence-electron chi connectivity index (χ3n) is 18.2. The van der Waals surface area contributed by atoms with Crippen LogP contribution in [0.1, 0.15) is 128 Å². The van der Waals surface area contributed by atoms with Gasteiger partial charge in [-0.25, -0.2) is 18.4 Å². The molecule has 2 bridgehead atoms. The molecule has 1 amide bonds. The first-order chi connectivity index (χ1) is 36.8. The molecule has 15 nitrogen and oxygen atoms in total. The number of benzene rings is 3. The van der Waals surface area contributed by atoms with Crippen molar-refractivity contribution in [1.29, 1.82) is 0 Å². The van der Waals surface area contributed by atoms with E-state index >= 15 is 18.4 Å². The number of Topliss-reactive ketones (excluding diaryl/α,β-unsaturated/α-hetero) is 1. The second kappa shape index (κ2) is 23.3. The predicted molar refractivity (Wildman–Crippen MR) is 290 cm³/mol. The summed E-state index contributed by atoms with van der Waals surface area (Å²) in [7, 11) is -5.57. The highest BCUT2D eigenvalue weighted by atomic mass is 28.4. The van der Waals surface area contributed by atoms with Crippen LogP contribution in [0.2, 0.25) is 36.3 Å².